The third-order valence-electron chi connectivity index (χ3n) is 1.87. The van der Waals surface area contributed by atoms with Gasteiger partial charge in [0.1, 0.15) is 0 Å². The Labute approximate surface area is 95.8 Å². The molecular weight excluding hydrogens is 226 g/mol. The van der Waals surface area contributed by atoms with E-state index in [0.717, 1.165) is 4.47 Å². The standard InChI is InChI=1S/C9H8BrN.Mg/c1-6-5-11-9-7(6)3-2-4-8(9)10;/h2-5,11H,1H3;. The lowest BCUT2D eigenvalue weighted by molar-refractivity contribution is 1.42. The Morgan fingerprint density at radius 3 is 2.75 bits per heavy atom. The molecule has 0 fully saturated rings. The summed E-state index contributed by atoms with van der Waals surface area (Å²) in [6.07, 6.45) is 2.02. The molecule has 1 nitrogen and oxygen atoms in total. The second-order valence-electron chi connectivity index (χ2n) is 2.63. The van der Waals surface area contributed by atoms with Gasteiger partial charge < -0.3 is 4.98 Å². The second kappa shape index (κ2) is 3.81. The van der Waals surface area contributed by atoms with Crippen molar-refractivity contribution in [2.24, 2.45) is 0 Å². The van der Waals surface area contributed by atoms with Crippen molar-refractivity contribution in [3.8, 4) is 0 Å². The average molecular weight is 234 g/mol. The van der Waals surface area contributed by atoms with Crippen LogP contribution in [0.1, 0.15) is 5.56 Å². The molecule has 3 heteroatoms. The number of halogens is 1. The van der Waals surface area contributed by atoms with Gasteiger partial charge in [-0.2, -0.15) is 0 Å². The summed E-state index contributed by atoms with van der Waals surface area (Å²) < 4.78 is 1.13. The molecule has 0 unspecified atom stereocenters. The van der Waals surface area contributed by atoms with Gasteiger partial charge in [-0.3, -0.25) is 0 Å². The van der Waals surface area contributed by atoms with Gasteiger partial charge in [0.25, 0.3) is 0 Å². The lowest BCUT2D eigenvalue weighted by Crippen LogP contribution is -1.69. The van der Waals surface area contributed by atoms with Crippen LogP contribution in [0.4, 0.5) is 0 Å². The van der Waals surface area contributed by atoms with E-state index in [0.29, 0.717) is 0 Å². The summed E-state index contributed by atoms with van der Waals surface area (Å²) in [7, 11) is 0. The lowest BCUT2D eigenvalue weighted by atomic mass is 10.2. The summed E-state index contributed by atoms with van der Waals surface area (Å²) in [5.41, 5.74) is 2.48. The Bertz CT molecular complexity index is 394. The van der Waals surface area contributed by atoms with Crippen LogP contribution in [0.5, 0.6) is 0 Å². The molecule has 0 aliphatic heterocycles. The zero-order chi connectivity index (χ0) is 7.84. The topological polar surface area (TPSA) is 15.8 Å². The zero-order valence-electron chi connectivity index (χ0n) is 6.89. The quantitative estimate of drug-likeness (QED) is 0.675. The van der Waals surface area contributed by atoms with Crippen LogP contribution in [0.3, 0.4) is 0 Å². The van der Waals surface area contributed by atoms with Gasteiger partial charge in [0.2, 0.25) is 0 Å². The molecule has 2 rings (SSSR count). The number of aromatic amines is 1. The Balaban J connectivity index is 0.000000720. The second-order valence-corrected chi connectivity index (χ2v) is 3.49. The third-order valence-corrected chi connectivity index (χ3v) is 2.53. The molecule has 1 aromatic heterocycles. The van der Waals surface area contributed by atoms with Gasteiger partial charge in [0.15, 0.2) is 0 Å². The molecule has 0 aliphatic carbocycles. The first-order chi connectivity index (χ1) is 5.29. The van der Waals surface area contributed by atoms with Gasteiger partial charge in [-0.15, -0.1) is 0 Å². The number of hydrogen-bond acceptors (Lipinski definition) is 0. The van der Waals surface area contributed by atoms with Crippen LogP contribution in [0.15, 0.2) is 28.9 Å². The fourth-order valence-electron chi connectivity index (χ4n) is 1.26. The highest BCUT2D eigenvalue weighted by Crippen LogP contribution is 2.24. The lowest BCUT2D eigenvalue weighted by Gasteiger charge is -1.92. The molecule has 1 heterocycles. The van der Waals surface area contributed by atoms with Crippen LogP contribution in [0.25, 0.3) is 10.9 Å². The minimum absolute atomic E-state index is 0. The molecule has 0 atom stereocenters. The summed E-state index contributed by atoms with van der Waals surface area (Å²) in [5, 5.41) is 1.29. The molecule has 1 aromatic carbocycles. The van der Waals surface area contributed by atoms with E-state index in [4.69, 9.17) is 0 Å². The first-order valence-corrected chi connectivity index (χ1v) is 4.30. The van der Waals surface area contributed by atoms with Crippen LogP contribution in [0.2, 0.25) is 0 Å². The molecule has 12 heavy (non-hydrogen) atoms. The number of fused-ring (bicyclic) bond motifs is 1. The average Bonchev–Trinajstić information content (AvgIpc) is 2.35. The van der Waals surface area contributed by atoms with Crippen molar-refractivity contribution in [3.63, 3.8) is 0 Å². The summed E-state index contributed by atoms with van der Waals surface area (Å²) in [6, 6.07) is 6.21. The largest absolute Gasteiger partial charge is 0.360 e. The van der Waals surface area contributed by atoms with Crippen molar-refractivity contribution in [1.82, 2.24) is 4.98 Å². The number of benzene rings is 1. The predicted molar refractivity (Wildman–Crippen MR) is 56.5 cm³/mol. The molecule has 0 saturated heterocycles. The third kappa shape index (κ3) is 1.53. The fourth-order valence-corrected chi connectivity index (χ4v) is 1.74. The van der Waals surface area contributed by atoms with E-state index in [1.165, 1.54) is 16.5 Å². The summed E-state index contributed by atoms with van der Waals surface area (Å²) >= 11 is 3.48. The molecule has 1 N–H and O–H groups in total. The van der Waals surface area contributed by atoms with Gasteiger partial charge in [-0.05, 0) is 34.5 Å². The van der Waals surface area contributed by atoms with Crippen LogP contribution < -0.4 is 0 Å². The van der Waals surface area contributed by atoms with Gasteiger partial charge >= 0.3 is 0 Å². The molecule has 0 spiro atoms. The Morgan fingerprint density at radius 2 is 2.08 bits per heavy atom. The van der Waals surface area contributed by atoms with E-state index in [-0.39, 0.29) is 23.1 Å². The Kier molecular flexibility index (Phi) is 3.20. The Hall–Kier alpha value is 0.00623. The van der Waals surface area contributed by atoms with E-state index in [9.17, 15) is 0 Å². The van der Waals surface area contributed by atoms with Crippen LogP contribution >= 0.6 is 15.9 Å². The Morgan fingerprint density at radius 1 is 1.33 bits per heavy atom. The molecule has 0 amide bonds. The predicted octanol–water partition coefficient (Wildman–Crippen LogP) is 2.86. The number of rotatable bonds is 0. The summed E-state index contributed by atoms with van der Waals surface area (Å²) in [6.45, 7) is 2.10. The van der Waals surface area contributed by atoms with Crippen molar-refractivity contribution >= 4 is 49.9 Å². The molecule has 2 aromatic rings. The molecule has 0 aliphatic rings. The SMILES string of the molecule is Cc1c[nH]c2c(Br)cccc12.[Mg]. The molecule has 58 valence electrons. The first kappa shape index (κ1) is 10.1. The highest BCUT2D eigenvalue weighted by atomic mass is 79.9. The van der Waals surface area contributed by atoms with Crippen molar-refractivity contribution < 1.29 is 0 Å². The van der Waals surface area contributed by atoms with Crippen molar-refractivity contribution in [1.29, 1.82) is 0 Å². The number of hydrogen-bond donors (Lipinski definition) is 1. The summed E-state index contributed by atoms with van der Waals surface area (Å²) in [5.74, 6) is 0. The van der Waals surface area contributed by atoms with E-state index >= 15 is 0 Å². The van der Waals surface area contributed by atoms with Gasteiger partial charge in [0.05, 0.1) is 5.52 Å². The highest BCUT2D eigenvalue weighted by molar-refractivity contribution is 9.10. The van der Waals surface area contributed by atoms with Crippen molar-refractivity contribution in [3.05, 3.63) is 34.4 Å². The number of aromatic nitrogens is 1. The zero-order valence-corrected chi connectivity index (χ0v) is 9.89. The van der Waals surface area contributed by atoms with E-state index in [2.05, 4.69) is 33.9 Å². The monoisotopic (exact) mass is 233 g/mol. The van der Waals surface area contributed by atoms with Gasteiger partial charge in [-0.1, -0.05) is 12.1 Å². The molecular formula is C9H8BrMgN. The number of H-pyrrole nitrogens is 1. The van der Waals surface area contributed by atoms with Crippen LogP contribution in [-0.4, -0.2) is 28.0 Å². The maximum absolute atomic E-state index is 3.48. The molecule has 0 bridgehead atoms. The minimum Gasteiger partial charge on any atom is -0.360 e. The van der Waals surface area contributed by atoms with Crippen LogP contribution in [0, 0.1) is 6.92 Å². The van der Waals surface area contributed by atoms with Crippen molar-refractivity contribution in [2.75, 3.05) is 0 Å². The number of nitrogens with one attached hydrogen (secondary N) is 1. The molecule has 2 radical (unpaired) electrons. The van der Waals surface area contributed by atoms with E-state index in [1.807, 2.05) is 18.3 Å². The van der Waals surface area contributed by atoms with E-state index < -0.39 is 0 Å². The smallest absolute Gasteiger partial charge is 0.0601 e. The normalized spacial score (nSPS) is 9.83. The van der Waals surface area contributed by atoms with Crippen LogP contribution in [-0.2, 0) is 0 Å². The molecule has 0 saturated carbocycles. The maximum Gasteiger partial charge on any atom is 0.0601 e. The number of para-hydroxylation sites is 1. The first-order valence-electron chi connectivity index (χ1n) is 3.51. The summed E-state index contributed by atoms with van der Waals surface area (Å²) in [4.78, 5) is 3.21. The van der Waals surface area contributed by atoms with Crippen molar-refractivity contribution in [2.45, 2.75) is 6.92 Å². The fraction of sp³-hybridized carbons (Fsp3) is 0.111. The van der Waals surface area contributed by atoms with Gasteiger partial charge in [-0.25, -0.2) is 0 Å². The highest BCUT2D eigenvalue weighted by Gasteiger charge is 2.00. The van der Waals surface area contributed by atoms with Gasteiger partial charge in [0, 0.05) is 39.1 Å². The van der Waals surface area contributed by atoms with E-state index in [1.54, 1.807) is 0 Å². The number of aryl methyl sites for hydroxylation is 1. The minimum atomic E-state index is 0. The maximum atomic E-state index is 3.48.